The summed E-state index contributed by atoms with van der Waals surface area (Å²) in [6.07, 6.45) is 8.73. The van der Waals surface area contributed by atoms with Gasteiger partial charge in [-0.2, -0.15) is 5.10 Å². The first kappa shape index (κ1) is 16.7. The number of hydrogen-bond acceptors (Lipinski definition) is 3. The number of benzene rings is 1. The zero-order chi connectivity index (χ0) is 16.8. The Labute approximate surface area is 143 Å². The Kier molecular flexibility index (Phi) is 5.62. The standard InChI is InChI=1S/C19H26N4O/c1-16(13-22-15-20-14-21-22)19(24)23-12-6-5-9-18(23)11-10-17-7-3-2-4-8-17/h2-4,7-8,14-16,18H,5-6,9-13H2,1H3/t16-,18+/m0/s1. The maximum Gasteiger partial charge on any atom is 0.227 e. The second-order valence-corrected chi connectivity index (χ2v) is 6.72. The molecule has 1 amide bonds. The summed E-state index contributed by atoms with van der Waals surface area (Å²) in [6, 6.07) is 10.9. The van der Waals surface area contributed by atoms with Crippen molar-refractivity contribution in [1.82, 2.24) is 19.7 Å². The maximum atomic E-state index is 12.9. The monoisotopic (exact) mass is 326 g/mol. The van der Waals surface area contributed by atoms with Gasteiger partial charge in [0.1, 0.15) is 12.7 Å². The van der Waals surface area contributed by atoms with Gasteiger partial charge in [0.2, 0.25) is 5.91 Å². The Balaban J connectivity index is 1.59. The van der Waals surface area contributed by atoms with Crippen molar-refractivity contribution in [3.8, 4) is 0 Å². The third kappa shape index (κ3) is 4.22. The molecule has 5 nitrogen and oxygen atoms in total. The summed E-state index contributed by atoms with van der Waals surface area (Å²) >= 11 is 0. The van der Waals surface area contributed by atoms with Crippen LogP contribution in [-0.2, 0) is 17.8 Å². The Morgan fingerprint density at radius 2 is 2.12 bits per heavy atom. The van der Waals surface area contributed by atoms with Crippen molar-refractivity contribution in [3.63, 3.8) is 0 Å². The third-order valence-corrected chi connectivity index (χ3v) is 4.87. The van der Waals surface area contributed by atoms with Gasteiger partial charge in [0.25, 0.3) is 0 Å². The van der Waals surface area contributed by atoms with Crippen molar-refractivity contribution in [1.29, 1.82) is 0 Å². The normalized spacial score (nSPS) is 19.2. The number of rotatable bonds is 6. The molecule has 3 rings (SSSR count). The average Bonchev–Trinajstić information content (AvgIpc) is 3.13. The van der Waals surface area contributed by atoms with Gasteiger partial charge in [-0.3, -0.25) is 9.48 Å². The van der Waals surface area contributed by atoms with Gasteiger partial charge in [0.15, 0.2) is 0 Å². The number of piperidine rings is 1. The van der Waals surface area contributed by atoms with Gasteiger partial charge >= 0.3 is 0 Å². The van der Waals surface area contributed by atoms with Crippen LogP contribution in [-0.4, -0.2) is 38.2 Å². The molecule has 0 unspecified atom stereocenters. The summed E-state index contributed by atoms with van der Waals surface area (Å²) in [7, 11) is 0. The molecular formula is C19H26N4O. The second kappa shape index (κ2) is 8.08. The minimum Gasteiger partial charge on any atom is -0.339 e. The van der Waals surface area contributed by atoms with Gasteiger partial charge < -0.3 is 4.90 Å². The summed E-state index contributed by atoms with van der Waals surface area (Å²) in [5.74, 6) is 0.187. The number of likely N-dealkylation sites (tertiary alicyclic amines) is 1. The van der Waals surface area contributed by atoms with E-state index in [4.69, 9.17) is 0 Å². The Morgan fingerprint density at radius 1 is 1.29 bits per heavy atom. The first-order valence-electron chi connectivity index (χ1n) is 8.91. The molecule has 1 aromatic carbocycles. The highest BCUT2D eigenvalue weighted by atomic mass is 16.2. The highest BCUT2D eigenvalue weighted by Crippen LogP contribution is 2.23. The van der Waals surface area contributed by atoms with Crippen LogP contribution in [0.1, 0.15) is 38.2 Å². The molecule has 0 spiro atoms. The maximum absolute atomic E-state index is 12.9. The first-order chi connectivity index (χ1) is 11.7. The molecule has 1 aliphatic rings. The lowest BCUT2D eigenvalue weighted by molar-refractivity contribution is -0.139. The zero-order valence-corrected chi connectivity index (χ0v) is 14.3. The van der Waals surface area contributed by atoms with E-state index < -0.39 is 0 Å². The van der Waals surface area contributed by atoms with Crippen molar-refractivity contribution in [2.45, 2.75) is 51.6 Å². The van der Waals surface area contributed by atoms with E-state index in [-0.39, 0.29) is 11.8 Å². The molecule has 0 saturated carbocycles. The number of nitrogens with zero attached hydrogens (tertiary/aromatic N) is 4. The number of aryl methyl sites for hydroxylation is 1. The molecule has 0 radical (unpaired) electrons. The van der Waals surface area contributed by atoms with Crippen molar-refractivity contribution >= 4 is 5.91 Å². The van der Waals surface area contributed by atoms with Crippen molar-refractivity contribution in [3.05, 3.63) is 48.5 Å². The van der Waals surface area contributed by atoms with Crippen LogP contribution in [0.4, 0.5) is 0 Å². The van der Waals surface area contributed by atoms with Crippen LogP contribution < -0.4 is 0 Å². The fraction of sp³-hybridized carbons (Fsp3) is 0.526. The molecule has 2 aromatic rings. The van der Waals surface area contributed by atoms with Crippen LogP contribution >= 0.6 is 0 Å². The fourth-order valence-corrected chi connectivity index (χ4v) is 3.54. The van der Waals surface area contributed by atoms with Crippen LogP contribution in [0.25, 0.3) is 0 Å². The largest absolute Gasteiger partial charge is 0.339 e. The molecule has 1 saturated heterocycles. The summed E-state index contributed by atoms with van der Waals surface area (Å²) < 4.78 is 1.74. The van der Waals surface area contributed by atoms with Crippen LogP contribution in [0, 0.1) is 5.92 Å². The van der Waals surface area contributed by atoms with Crippen LogP contribution in [0.3, 0.4) is 0 Å². The molecule has 24 heavy (non-hydrogen) atoms. The molecule has 128 valence electrons. The average molecular weight is 326 g/mol. The summed E-state index contributed by atoms with van der Waals surface area (Å²) in [5, 5.41) is 4.11. The van der Waals surface area contributed by atoms with Crippen LogP contribution in [0.5, 0.6) is 0 Å². The van der Waals surface area contributed by atoms with Crippen LogP contribution in [0.2, 0.25) is 0 Å². The van der Waals surface area contributed by atoms with Gasteiger partial charge in [-0.25, -0.2) is 4.98 Å². The third-order valence-electron chi connectivity index (χ3n) is 4.87. The smallest absolute Gasteiger partial charge is 0.227 e. The van der Waals surface area contributed by atoms with Crippen molar-refractivity contribution in [2.24, 2.45) is 5.92 Å². The molecule has 1 aliphatic heterocycles. The highest BCUT2D eigenvalue weighted by molar-refractivity contribution is 5.78. The second-order valence-electron chi connectivity index (χ2n) is 6.72. The molecule has 0 aliphatic carbocycles. The lowest BCUT2D eigenvalue weighted by Crippen LogP contribution is -2.46. The Hall–Kier alpha value is -2.17. The molecule has 5 heteroatoms. The zero-order valence-electron chi connectivity index (χ0n) is 14.3. The van der Waals surface area contributed by atoms with Gasteiger partial charge in [-0.05, 0) is 37.7 Å². The van der Waals surface area contributed by atoms with Crippen LogP contribution in [0.15, 0.2) is 43.0 Å². The lowest BCUT2D eigenvalue weighted by Gasteiger charge is -2.37. The van der Waals surface area contributed by atoms with E-state index in [0.717, 1.165) is 32.2 Å². The number of carbonyl (C=O) groups excluding carboxylic acids is 1. The van der Waals surface area contributed by atoms with E-state index >= 15 is 0 Å². The topological polar surface area (TPSA) is 51.0 Å². The molecule has 2 atom stereocenters. The molecule has 1 aromatic heterocycles. The molecule has 0 bridgehead atoms. The predicted molar refractivity (Wildman–Crippen MR) is 93.3 cm³/mol. The molecular weight excluding hydrogens is 300 g/mol. The van der Waals surface area contributed by atoms with E-state index in [1.807, 2.05) is 13.0 Å². The van der Waals surface area contributed by atoms with Gasteiger partial charge in [-0.1, -0.05) is 37.3 Å². The van der Waals surface area contributed by atoms with E-state index in [1.165, 1.54) is 18.3 Å². The van der Waals surface area contributed by atoms with E-state index in [2.05, 4.69) is 39.2 Å². The molecule has 2 heterocycles. The molecule has 1 fully saturated rings. The van der Waals surface area contributed by atoms with Gasteiger partial charge in [-0.15, -0.1) is 0 Å². The van der Waals surface area contributed by atoms with E-state index in [1.54, 1.807) is 11.0 Å². The quantitative estimate of drug-likeness (QED) is 0.820. The van der Waals surface area contributed by atoms with Gasteiger partial charge in [0.05, 0.1) is 12.5 Å². The van der Waals surface area contributed by atoms with E-state index in [0.29, 0.717) is 12.6 Å². The Bertz CT molecular complexity index is 626. The lowest BCUT2D eigenvalue weighted by atomic mass is 9.94. The van der Waals surface area contributed by atoms with Crippen molar-refractivity contribution < 1.29 is 4.79 Å². The molecule has 0 N–H and O–H groups in total. The number of carbonyl (C=O) groups is 1. The fourth-order valence-electron chi connectivity index (χ4n) is 3.54. The number of hydrogen-bond donors (Lipinski definition) is 0. The summed E-state index contributed by atoms with van der Waals surface area (Å²) in [4.78, 5) is 19.0. The minimum atomic E-state index is -0.0657. The SMILES string of the molecule is C[C@@H](Cn1cncn1)C(=O)N1CCCC[C@@H]1CCc1ccccc1. The summed E-state index contributed by atoms with van der Waals surface area (Å²) in [6.45, 7) is 3.48. The highest BCUT2D eigenvalue weighted by Gasteiger charge is 2.29. The summed E-state index contributed by atoms with van der Waals surface area (Å²) in [5.41, 5.74) is 1.35. The first-order valence-corrected chi connectivity index (χ1v) is 8.91. The van der Waals surface area contributed by atoms with Gasteiger partial charge in [0, 0.05) is 12.6 Å². The Morgan fingerprint density at radius 3 is 2.88 bits per heavy atom. The van der Waals surface area contributed by atoms with E-state index in [9.17, 15) is 4.79 Å². The van der Waals surface area contributed by atoms with Crippen molar-refractivity contribution in [2.75, 3.05) is 6.54 Å². The number of aromatic nitrogens is 3. The predicted octanol–water partition coefficient (Wildman–Crippen LogP) is 2.93. The minimum absolute atomic E-state index is 0.0657. The number of amides is 1.